The lowest BCUT2D eigenvalue weighted by Crippen LogP contribution is -2.23. The second-order valence-corrected chi connectivity index (χ2v) is 4.45. The summed E-state index contributed by atoms with van der Waals surface area (Å²) in [6.07, 6.45) is 0. The Labute approximate surface area is 117 Å². The number of nitrogens with one attached hydrogen (secondary N) is 1. The first-order valence-corrected chi connectivity index (χ1v) is 6.24. The van der Waals surface area contributed by atoms with E-state index in [9.17, 15) is 4.79 Å². The number of carbonyl (C=O) groups is 1. The van der Waals surface area contributed by atoms with E-state index < -0.39 is 0 Å². The summed E-state index contributed by atoms with van der Waals surface area (Å²) >= 11 is 5.89. The second kappa shape index (κ2) is 6.25. The number of amides is 1. The standard InChI is InChI=1S/C15H14ClNO2/c1-19-14-8-3-2-7-13(14)15(18)17-10-11-5-4-6-12(16)9-11/h2-9H,10H2,1H3,(H,17,18). The second-order valence-electron chi connectivity index (χ2n) is 4.01. The van der Waals surface area contributed by atoms with Crippen LogP contribution in [0.15, 0.2) is 48.5 Å². The number of carbonyl (C=O) groups excluding carboxylic acids is 1. The zero-order chi connectivity index (χ0) is 13.7. The highest BCUT2D eigenvalue weighted by molar-refractivity contribution is 6.30. The number of para-hydroxylation sites is 1. The molecule has 98 valence electrons. The fourth-order valence-electron chi connectivity index (χ4n) is 1.76. The van der Waals surface area contributed by atoms with Gasteiger partial charge in [-0.2, -0.15) is 0 Å². The minimum atomic E-state index is -0.169. The van der Waals surface area contributed by atoms with Gasteiger partial charge in [0, 0.05) is 11.6 Å². The van der Waals surface area contributed by atoms with Gasteiger partial charge in [-0.25, -0.2) is 0 Å². The van der Waals surface area contributed by atoms with Crippen LogP contribution in [0.5, 0.6) is 5.75 Å². The average Bonchev–Trinajstić information content (AvgIpc) is 2.45. The summed E-state index contributed by atoms with van der Waals surface area (Å²) in [7, 11) is 1.54. The summed E-state index contributed by atoms with van der Waals surface area (Å²) in [5, 5.41) is 3.50. The fourth-order valence-corrected chi connectivity index (χ4v) is 1.97. The third-order valence-corrected chi connectivity index (χ3v) is 2.93. The maximum atomic E-state index is 12.1. The summed E-state index contributed by atoms with van der Waals surface area (Å²) < 4.78 is 5.16. The van der Waals surface area contributed by atoms with Crippen molar-refractivity contribution in [3.63, 3.8) is 0 Å². The molecule has 0 aliphatic carbocycles. The van der Waals surface area contributed by atoms with Gasteiger partial charge in [0.1, 0.15) is 5.75 Å². The molecule has 0 spiro atoms. The average molecular weight is 276 g/mol. The molecule has 0 heterocycles. The molecule has 0 unspecified atom stereocenters. The van der Waals surface area contributed by atoms with Gasteiger partial charge in [0.15, 0.2) is 0 Å². The maximum Gasteiger partial charge on any atom is 0.255 e. The van der Waals surface area contributed by atoms with E-state index in [-0.39, 0.29) is 5.91 Å². The molecule has 19 heavy (non-hydrogen) atoms. The maximum absolute atomic E-state index is 12.1. The van der Waals surface area contributed by atoms with E-state index >= 15 is 0 Å². The van der Waals surface area contributed by atoms with Gasteiger partial charge in [-0.15, -0.1) is 0 Å². The van der Waals surface area contributed by atoms with Crippen LogP contribution >= 0.6 is 11.6 Å². The van der Waals surface area contributed by atoms with Crippen molar-refractivity contribution in [2.45, 2.75) is 6.54 Å². The van der Waals surface area contributed by atoms with Crippen LogP contribution in [-0.4, -0.2) is 13.0 Å². The van der Waals surface area contributed by atoms with Gasteiger partial charge in [0.25, 0.3) is 5.91 Å². The Morgan fingerprint density at radius 1 is 1.21 bits per heavy atom. The summed E-state index contributed by atoms with van der Waals surface area (Å²) in [6, 6.07) is 14.5. The Bertz CT molecular complexity index is 584. The molecule has 0 atom stereocenters. The first-order valence-electron chi connectivity index (χ1n) is 5.86. The van der Waals surface area contributed by atoms with Crippen molar-refractivity contribution in [1.29, 1.82) is 0 Å². The Morgan fingerprint density at radius 3 is 2.74 bits per heavy atom. The van der Waals surface area contributed by atoms with Crippen molar-refractivity contribution in [3.8, 4) is 5.75 Å². The largest absolute Gasteiger partial charge is 0.496 e. The van der Waals surface area contributed by atoms with Gasteiger partial charge in [-0.1, -0.05) is 35.9 Å². The molecule has 0 aliphatic rings. The Balaban J connectivity index is 2.05. The fraction of sp³-hybridized carbons (Fsp3) is 0.133. The predicted molar refractivity (Wildman–Crippen MR) is 75.6 cm³/mol. The Hall–Kier alpha value is -2.00. The van der Waals surface area contributed by atoms with E-state index in [4.69, 9.17) is 16.3 Å². The van der Waals surface area contributed by atoms with Crippen LogP contribution < -0.4 is 10.1 Å². The minimum absolute atomic E-state index is 0.169. The van der Waals surface area contributed by atoms with Crippen LogP contribution in [0.4, 0.5) is 0 Å². The SMILES string of the molecule is COc1ccccc1C(=O)NCc1cccc(Cl)c1. The van der Waals surface area contributed by atoms with E-state index in [1.54, 1.807) is 31.4 Å². The molecule has 0 fully saturated rings. The highest BCUT2D eigenvalue weighted by Gasteiger charge is 2.10. The summed E-state index contributed by atoms with van der Waals surface area (Å²) in [4.78, 5) is 12.1. The number of hydrogen-bond acceptors (Lipinski definition) is 2. The zero-order valence-electron chi connectivity index (χ0n) is 10.5. The quantitative estimate of drug-likeness (QED) is 0.930. The van der Waals surface area contributed by atoms with Crippen LogP contribution in [0.1, 0.15) is 15.9 Å². The third-order valence-electron chi connectivity index (χ3n) is 2.69. The van der Waals surface area contributed by atoms with Crippen LogP contribution in [0, 0.1) is 0 Å². The number of halogens is 1. The number of ether oxygens (including phenoxy) is 1. The van der Waals surface area contributed by atoms with Crippen molar-refractivity contribution >= 4 is 17.5 Å². The van der Waals surface area contributed by atoms with E-state index in [1.807, 2.05) is 24.3 Å². The predicted octanol–water partition coefficient (Wildman–Crippen LogP) is 3.28. The zero-order valence-corrected chi connectivity index (χ0v) is 11.3. The van der Waals surface area contributed by atoms with Gasteiger partial charge in [-0.05, 0) is 29.8 Å². The number of benzene rings is 2. The van der Waals surface area contributed by atoms with Crippen LogP contribution in [0.2, 0.25) is 5.02 Å². The summed E-state index contributed by atoms with van der Waals surface area (Å²) in [6.45, 7) is 0.428. The molecule has 2 aromatic carbocycles. The topological polar surface area (TPSA) is 38.3 Å². The van der Waals surface area contributed by atoms with Gasteiger partial charge >= 0.3 is 0 Å². The lowest BCUT2D eigenvalue weighted by Gasteiger charge is -2.09. The molecule has 1 N–H and O–H groups in total. The molecule has 2 aromatic rings. The molecule has 1 amide bonds. The molecule has 3 nitrogen and oxygen atoms in total. The van der Waals surface area contributed by atoms with Gasteiger partial charge in [0.05, 0.1) is 12.7 Å². The Kier molecular flexibility index (Phi) is 4.42. The molecule has 0 aromatic heterocycles. The lowest BCUT2D eigenvalue weighted by molar-refractivity contribution is 0.0948. The smallest absolute Gasteiger partial charge is 0.255 e. The molecule has 4 heteroatoms. The van der Waals surface area contributed by atoms with E-state index in [0.29, 0.717) is 22.9 Å². The third kappa shape index (κ3) is 3.48. The number of hydrogen-bond donors (Lipinski definition) is 1. The lowest BCUT2D eigenvalue weighted by atomic mass is 10.1. The summed E-state index contributed by atoms with van der Waals surface area (Å²) in [5.41, 5.74) is 1.47. The van der Waals surface area contributed by atoms with Crippen LogP contribution in [0.3, 0.4) is 0 Å². The molecule has 0 saturated carbocycles. The molecule has 2 rings (SSSR count). The molecule has 0 saturated heterocycles. The van der Waals surface area contributed by atoms with Crippen LogP contribution in [-0.2, 0) is 6.54 Å². The van der Waals surface area contributed by atoms with E-state index in [1.165, 1.54) is 0 Å². The normalized spacial score (nSPS) is 10.0. The summed E-state index contributed by atoms with van der Waals surface area (Å²) in [5.74, 6) is 0.392. The molecule has 0 aliphatic heterocycles. The number of rotatable bonds is 4. The van der Waals surface area contributed by atoms with Gasteiger partial charge in [-0.3, -0.25) is 4.79 Å². The molecule has 0 radical (unpaired) electrons. The molecular weight excluding hydrogens is 262 g/mol. The van der Waals surface area contributed by atoms with E-state index in [0.717, 1.165) is 5.56 Å². The molecule has 0 bridgehead atoms. The first-order chi connectivity index (χ1) is 9.20. The Morgan fingerprint density at radius 2 is 2.00 bits per heavy atom. The minimum Gasteiger partial charge on any atom is -0.496 e. The van der Waals surface area contributed by atoms with E-state index in [2.05, 4.69) is 5.32 Å². The highest BCUT2D eigenvalue weighted by atomic mass is 35.5. The van der Waals surface area contributed by atoms with Crippen LogP contribution in [0.25, 0.3) is 0 Å². The first kappa shape index (κ1) is 13.4. The number of methoxy groups -OCH3 is 1. The van der Waals surface area contributed by atoms with Crippen molar-refractivity contribution in [1.82, 2.24) is 5.32 Å². The monoisotopic (exact) mass is 275 g/mol. The van der Waals surface area contributed by atoms with Crippen molar-refractivity contribution in [2.24, 2.45) is 0 Å². The van der Waals surface area contributed by atoms with Gasteiger partial charge in [0.2, 0.25) is 0 Å². The van der Waals surface area contributed by atoms with Crippen molar-refractivity contribution < 1.29 is 9.53 Å². The highest BCUT2D eigenvalue weighted by Crippen LogP contribution is 2.17. The van der Waals surface area contributed by atoms with Crippen molar-refractivity contribution in [3.05, 3.63) is 64.7 Å². The van der Waals surface area contributed by atoms with Crippen molar-refractivity contribution in [2.75, 3.05) is 7.11 Å². The van der Waals surface area contributed by atoms with Gasteiger partial charge < -0.3 is 10.1 Å². The molecular formula is C15H14ClNO2.